The van der Waals surface area contributed by atoms with Gasteiger partial charge in [-0.2, -0.15) is 0 Å². The van der Waals surface area contributed by atoms with E-state index in [1.807, 2.05) is 0 Å². The average molecular weight is 307 g/mol. The van der Waals surface area contributed by atoms with Gasteiger partial charge in [-0.15, -0.1) is 0 Å². The van der Waals surface area contributed by atoms with Crippen LogP contribution < -0.4 is 10.6 Å². The number of rotatable bonds is 5. The fraction of sp³-hybridized carbons (Fsp3) is 0.214. The van der Waals surface area contributed by atoms with Crippen LogP contribution in [0.3, 0.4) is 0 Å². The van der Waals surface area contributed by atoms with Gasteiger partial charge >= 0.3 is 0 Å². The number of anilines is 2. The van der Waals surface area contributed by atoms with Crippen molar-refractivity contribution in [2.75, 3.05) is 23.8 Å². The van der Waals surface area contributed by atoms with Gasteiger partial charge in [-0.05, 0) is 18.2 Å². The molecule has 2 rings (SSSR count). The highest BCUT2D eigenvalue weighted by atomic mass is 19.1. The highest BCUT2D eigenvalue weighted by Crippen LogP contribution is 2.22. The first-order valence-electron chi connectivity index (χ1n) is 6.45. The maximum absolute atomic E-state index is 13.8. The summed E-state index contributed by atoms with van der Waals surface area (Å²) in [5.74, 6) is -2.22. The van der Waals surface area contributed by atoms with Gasteiger partial charge in [0.05, 0.1) is 18.8 Å². The predicted octanol–water partition coefficient (Wildman–Crippen LogP) is 0.441. The summed E-state index contributed by atoms with van der Waals surface area (Å²) in [5.41, 5.74) is 0.262. The first kappa shape index (κ1) is 15.6. The number of imide groups is 1. The van der Waals surface area contributed by atoms with Gasteiger partial charge in [-0.3, -0.25) is 19.3 Å². The van der Waals surface area contributed by atoms with E-state index in [1.54, 1.807) is 0 Å². The van der Waals surface area contributed by atoms with E-state index in [0.29, 0.717) is 0 Å². The van der Waals surface area contributed by atoms with E-state index in [-0.39, 0.29) is 30.2 Å². The third-order valence-corrected chi connectivity index (χ3v) is 2.89. The van der Waals surface area contributed by atoms with Crippen LogP contribution in [0.4, 0.5) is 15.8 Å². The number of amides is 3. The summed E-state index contributed by atoms with van der Waals surface area (Å²) in [7, 11) is 0. The van der Waals surface area contributed by atoms with Crippen molar-refractivity contribution in [2.45, 2.75) is 6.92 Å². The van der Waals surface area contributed by atoms with Crippen LogP contribution in [0.15, 0.2) is 30.0 Å². The molecular formula is C14H14FN3O4. The second-order valence-electron chi connectivity index (χ2n) is 4.58. The van der Waals surface area contributed by atoms with Crippen molar-refractivity contribution in [2.24, 2.45) is 0 Å². The normalized spacial score (nSPS) is 14.1. The number of hydrogen-bond donors (Lipinski definition) is 3. The molecule has 0 aliphatic carbocycles. The second-order valence-corrected chi connectivity index (χ2v) is 4.58. The molecule has 0 spiro atoms. The SMILES string of the molecule is CC(=O)Nc1ccc(NC2=CC(=O)N(CCO)C2=O)cc1F. The van der Waals surface area contributed by atoms with E-state index < -0.39 is 23.5 Å². The maximum atomic E-state index is 13.8. The first-order valence-corrected chi connectivity index (χ1v) is 6.45. The van der Waals surface area contributed by atoms with E-state index in [1.165, 1.54) is 19.1 Å². The van der Waals surface area contributed by atoms with Gasteiger partial charge in [0.15, 0.2) is 0 Å². The molecule has 0 aromatic heterocycles. The summed E-state index contributed by atoms with van der Waals surface area (Å²) in [6.45, 7) is 0.822. The largest absolute Gasteiger partial charge is 0.395 e. The lowest BCUT2D eigenvalue weighted by molar-refractivity contribution is -0.137. The van der Waals surface area contributed by atoms with E-state index in [4.69, 9.17) is 5.11 Å². The molecule has 116 valence electrons. The molecule has 22 heavy (non-hydrogen) atoms. The summed E-state index contributed by atoms with van der Waals surface area (Å²) in [5, 5.41) is 13.8. The molecule has 0 saturated carbocycles. The van der Waals surface area contributed by atoms with E-state index in [9.17, 15) is 18.8 Å². The molecule has 0 atom stereocenters. The standard InChI is InChI=1S/C14H14FN3O4/c1-8(20)16-11-3-2-9(6-10(11)15)17-12-7-13(21)18(4-5-19)14(12)22/h2-3,6-7,17,19H,4-5H2,1H3,(H,16,20). The van der Waals surface area contributed by atoms with Crippen molar-refractivity contribution < 1.29 is 23.9 Å². The van der Waals surface area contributed by atoms with Crippen LogP contribution in [-0.4, -0.2) is 40.9 Å². The van der Waals surface area contributed by atoms with Crippen LogP contribution in [0.2, 0.25) is 0 Å². The van der Waals surface area contributed by atoms with E-state index in [0.717, 1.165) is 17.0 Å². The Morgan fingerprint density at radius 2 is 2.09 bits per heavy atom. The quantitative estimate of drug-likeness (QED) is 0.686. The molecule has 0 unspecified atom stereocenters. The number of hydrogen-bond acceptors (Lipinski definition) is 5. The second kappa shape index (κ2) is 6.35. The summed E-state index contributed by atoms with van der Waals surface area (Å²) >= 11 is 0. The van der Waals surface area contributed by atoms with Gasteiger partial charge in [0.2, 0.25) is 5.91 Å². The molecule has 3 amide bonds. The molecule has 0 radical (unpaired) electrons. The Bertz CT molecular complexity index is 672. The third-order valence-electron chi connectivity index (χ3n) is 2.89. The van der Waals surface area contributed by atoms with E-state index in [2.05, 4.69) is 10.6 Å². The minimum atomic E-state index is -0.676. The minimum absolute atomic E-state index is 0.00914. The number of halogens is 1. The first-order chi connectivity index (χ1) is 10.4. The lowest BCUT2D eigenvalue weighted by atomic mass is 10.2. The summed E-state index contributed by atoms with van der Waals surface area (Å²) in [4.78, 5) is 35.3. The highest BCUT2D eigenvalue weighted by Gasteiger charge is 2.30. The van der Waals surface area contributed by atoms with Crippen molar-refractivity contribution in [1.82, 2.24) is 4.90 Å². The van der Waals surface area contributed by atoms with Crippen molar-refractivity contribution in [1.29, 1.82) is 0 Å². The number of carbonyl (C=O) groups is 3. The summed E-state index contributed by atoms with van der Waals surface area (Å²) in [6.07, 6.45) is 1.08. The number of carbonyl (C=O) groups excluding carboxylic acids is 3. The minimum Gasteiger partial charge on any atom is -0.395 e. The Hall–Kier alpha value is -2.74. The maximum Gasteiger partial charge on any atom is 0.277 e. The fourth-order valence-corrected chi connectivity index (χ4v) is 1.95. The Labute approximate surface area is 125 Å². The van der Waals surface area contributed by atoms with Crippen LogP contribution in [0.25, 0.3) is 0 Å². The van der Waals surface area contributed by atoms with Crippen molar-refractivity contribution >= 4 is 29.1 Å². The van der Waals surface area contributed by atoms with Crippen molar-refractivity contribution in [3.63, 3.8) is 0 Å². The molecule has 1 aliphatic rings. The molecule has 7 nitrogen and oxygen atoms in total. The molecular weight excluding hydrogens is 293 g/mol. The summed E-state index contributed by atoms with van der Waals surface area (Å²) in [6, 6.07) is 3.90. The Morgan fingerprint density at radius 3 is 2.68 bits per heavy atom. The molecule has 1 aromatic rings. The van der Waals surface area contributed by atoms with Crippen LogP contribution in [-0.2, 0) is 14.4 Å². The smallest absolute Gasteiger partial charge is 0.277 e. The van der Waals surface area contributed by atoms with Crippen LogP contribution in [0.1, 0.15) is 6.92 Å². The number of nitrogens with zero attached hydrogens (tertiary/aromatic N) is 1. The predicted molar refractivity (Wildman–Crippen MR) is 76.2 cm³/mol. The Kier molecular flexibility index (Phi) is 4.52. The number of aliphatic hydroxyl groups is 1. The van der Waals surface area contributed by atoms with Gasteiger partial charge in [-0.25, -0.2) is 4.39 Å². The molecule has 0 saturated heterocycles. The lowest BCUT2D eigenvalue weighted by Gasteiger charge is -2.13. The molecule has 1 aliphatic heterocycles. The topological polar surface area (TPSA) is 98.7 Å². The van der Waals surface area contributed by atoms with Crippen molar-refractivity contribution in [3.05, 3.63) is 35.8 Å². The summed E-state index contributed by atoms with van der Waals surface area (Å²) < 4.78 is 13.8. The fourth-order valence-electron chi connectivity index (χ4n) is 1.95. The van der Waals surface area contributed by atoms with Gasteiger partial charge in [0.25, 0.3) is 11.8 Å². The highest BCUT2D eigenvalue weighted by molar-refractivity contribution is 6.17. The molecule has 0 fully saturated rings. The molecule has 0 bridgehead atoms. The van der Waals surface area contributed by atoms with Crippen LogP contribution >= 0.6 is 0 Å². The van der Waals surface area contributed by atoms with Gasteiger partial charge in [-0.1, -0.05) is 0 Å². The Balaban J connectivity index is 2.13. The number of aliphatic hydroxyl groups excluding tert-OH is 1. The lowest BCUT2D eigenvalue weighted by Crippen LogP contribution is -2.34. The molecule has 3 N–H and O–H groups in total. The zero-order chi connectivity index (χ0) is 16.3. The number of β-amino-alcohol motifs (C(OH)–C–C–N with tert-alkyl or cyclic N) is 1. The average Bonchev–Trinajstić information content (AvgIpc) is 2.70. The van der Waals surface area contributed by atoms with Gasteiger partial charge in [0.1, 0.15) is 11.5 Å². The Morgan fingerprint density at radius 1 is 1.36 bits per heavy atom. The van der Waals surface area contributed by atoms with Gasteiger partial charge in [0, 0.05) is 18.7 Å². The zero-order valence-electron chi connectivity index (χ0n) is 11.7. The van der Waals surface area contributed by atoms with Gasteiger partial charge < -0.3 is 15.7 Å². The molecule has 1 heterocycles. The number of benzene rings is 1. The molecule has 1 aromatic carbocycles. The third kappa shape index (κ3) is 3.29. The molecule has 8 heteroatoms. The monoisotopic (exact) mass is 307 g/mol. The van der Waals surface area contributed by atoms with Crippen LogP contribution in [0.5, 0.6) is 0 Å². The van der Waals surface area contributed by atoms with E-state index >= 15 is 0 Å². The van der Waals surface area contributed by atoms with Crippen LogP contribution in [0, 0.1) is 5.82 Å². The van der Waals surface area contributed by atoms with Crippen molar-refractivity contribution in [3.8, 4) is 0 Å². The zero-order valence-corrected chi connectivity index (χ0v) is 11.7. The number of nitrogens with one attached hydrogen (secondary N) is 2.